The fourth-order valence-electron chi connectivity index (χ4n) is 2.85. The number of carbonyl (C=O) groups is 1. The molecule has 0 aliphatic carbocycles. The van der Waals surface area contributed by atoms with Gasteiger partial charge in [-0.2, -0.15) is 10.2 Å². The van der Waals surface area contributed by atoms with E-state index < -0.39 is 17.3 Å². The molecule has 4 rings (SSSR count). The molecule has 0 bridgehead atoms. The number of amides is 1. The van der Waals surface area contributed by atoms with Crippen LogP contribution in [0.15, 0.2) is 64.1 Å². The summed E-state index contributed by atoms with van der Waals surface area (Å²) in [6.07, 6.45) is 1.38. The van der Waals surface area contributed by atoms with Crippen LogP contribution in [-0.2, 0) is 17.9 Å². The van der Waals surface area contributed by atoms with E-state index in [-0.39, 0.29) is 18.1 Å². The summed E-state index contributed by atoms with van der Waals surface area (Å²) < 4.78 is 16.6. The van der Waals surface area contributed by atoms with Gasteiger partial charge in [0.15, 0.2) is 0 Å². The number of benzene rings is 2. The first kappa shape index (κ1) is 20.2. The highest BCUT2D eigenvalue weighted by Gasteiger charge is 2.12. The van der Waals surface area contributed by atoms with Crippen LogP contribution in [0, 0.1) is 5.82 Å². The van der Waals surface area contributed by atoms with Crippen LogP contribution in [0.25, 0.3) is 16.8 Å². The van der Waals surface area contributed by atoms with Gasteiger partial charge in [0.1, 0.15) is 24.2 Å². The highest BCUT2D eigenvalue weighted by molar-refractivity contribution is 9.10. The second kappa shape index (κ2) is 8.37. The lowest BCUT2D eigenvalue weighted by molar-refractivity contribution is -0.122. The van der Waals surface area contributed by atoms with E-state index in [0.29, 0.717) is 16.8 Å². The van der Waals surface area contributed by atoms with Gasteiger partial charge in [-0.3, -0.25) is 9.59 Å². The van der Waals surface area contributed by atoms with Crippen LogP contribution in [0.2, 0.25) is 5.02 Å². The average Bonchev–Trinajstić information content (AvgIpc) is 3.17. The van der Waals surface area contributed by atoms with Gasteiger partial charge in [-0.05, 0) is 35.9 Å². The lowest BCUT2D eigenvalue weighted by Crippen LogP contribution is -2.34. The van der Waals surface area contributed by atoms with E-state index in [9.17, 15) is 14.0 Å². The van der Waals surface area contributed by atoms with Crippen LogP contribution in [-0.4, -0.2) is 25.3 Å². The molecule has 30 heavy (non-hydrogen) atoms. The van der Waals surface area contributed by atoms with Crippen molar-refractivity contribution in [2.45, 2.75) is 13.1 Å². The van der Waals surface area contributed by atoms with Crippen molar-refractivity contribution in [3.05, 3.63) is 86.1 Å². The first-order valence-electron chi connectivity index (χ1n) is 8.83. The van der Waals surface area contributed by atoms with Gasteiger partial charge < -0.3 is 5.32 Å². The molecule has 0 spiro atoms. The third-order valence-electron chi connectivity index (χ3n) is 4.40. The van der Waals surface area contributed by atoms with Crippen LogP contribution in [0.4, 0.5) is 4.39 Å². The number of hydrogen-bond donors (Lipinski definition) is 1. The molecule has 0 fully saturated rings. The lowest BCUT2D eigenvalue weighted by Gasteiger charge is -2.07. The second-order valence-corrected chi connectivity index (χ2v) is 7.81. The summed E-state index contributed by atoms with van der Waals surface area (Å²) in [6.45, 7) is -0.112. The fraction of sp³-hybridized carbons (Fsp3) is 0.100. The Morgan fingerprint density at radius 2 is 1.93 bits per heavy atom. The third-order valence-corrected chi connectivity index (χ3v) is 5.22. The Hall–Kier alpha value is -3.04. The highest BCUT2D eigenvalue weighted by atomic mass is 79.9. The summed E-state index contributed by atoms with van der Waals surface area (Å²) in [5, 5.41) is 11.0. The topological polar surface area (TPSA) is 81.3 Å². The van der Waals surface area contributed by atoms with Crippen molar-refractivity contribution in [2.24, 2.45) is 0 Å². The second-order valence-electron chi connectivity index (χ2n) is 6.49. The Balaban J connectivity index is 1.50. The van der Waals surface area contributed by atoms with Gasteiger partial charge in [0.05, 0.1) is 10.7 Å². The molecule has 152 valence electrons. The Labute approximate surface area is 183 Å². The van der Waals surface area contributed by atoms with Crippen molar-refractivity contribution < 1.29 is 9.18 Å². The van der Waals surface area contributed by atoms with Crippen molar-refractivity contribution in [3.63, 3.8) is 0 Å². The number of aromatic nitrogens is 4. The van der Waals surface area contributed by atoms with Crippen LogP contribution >= 0.6 is 27.5 Å². The van der Waals surface area contributed by atoms with Crippen molar-refractivity contribution in [3.8, 4) is 11.3 Å². The number of halogens is 3. The normalized spacial score (nSPS) is 11.0. The maximum Gasteiger partial charge on any atom is 0.293 e. The SMILES string of the molecule is O=C(Cn1ncn2nc(-c3ccc(Br)cc3)cc2c1=O)NCc1ccc(F)c(Cl)c1. The van der Waals surface area contributed by atoms with E-state index in [4.69, 9.17) is 11.6 Å². The van der Waals surface area contributed by atoms with Crippen LogP contribution in [0.3, 0.4) is 0 Å². The predicted octanol–water partition coefficient (Wildman–Crippen LogP) is 3.43. The summed E-state index contributed by atoms with van der Waals surface area (Å²) in [6, 6.07) is 13.4. The van der Waals surface area contributed by atoms with Gasteiger partial charge in [0, 0.05) is 16.6 Å². The molecule has 0 saturated heterocycles. The molecular weight excluding hydrogens is 477 g/mol. The summed E-state index contributed by atoms with van der Waals surface area (Å²) in [5.74, 6) is -0.943. The van der Waals surface area contributed by atoms with Crippen LogP contribution in [0.5, 0.6) is 0 Å². The van der Waals surface area contributed by atoms with E-state index in [1.165, 1.54) is 29.0 Å². The van der Waals surface area contributed by atoms with Gasteiger partial charge in [0.2, 0.25) is 5.91 Å². The van der Waals surface area contributed by atoms with Crippen molar-refractivity contribution >= 4 is 39.0 Å². The lowest BCUT2D eigenvalue weighted by atomic mass is 10.1. The fourth-order valence-corrected chi connectivity index (χ4v) is 3.32. The van der Waals surface area contributed by atoms with Crippen molar-refractivity contribution in [1.82, 2.24) is 24.7 Å². The maximum absolute atomic E-state index is 13.2. The first-order valence-corrected chi connectivity index (χ1v) is 10.00. The van der Waals surface area contributed by atoms with Gasteiger partial charge in [-0.1, -0.05) is 45.7 Å². The number of nitrogens with zero attached hydrogens (tertiary/aromatic N) is 4. The zero-order valence-electron chi connectivity index (χ0n) is 15.3. The van der Waals surface area contributed by atoms with Gasteiger partial charge in [-0.15, -0.1) is 0 Å². The van der Waals surface area contributed by atoms with E-state index >= 15 is 0 Å². The predicted molar refractivity (Wildman–Crippen MR) is 114 cm³/mol. The minimum atomic E-state index is -0.529. The first-order chi connectivity index (χ1) is 14.4. The Kier molecular flexibility index (Phi) is 5.65. The third kappa shape index (κ3) is 4.27. The van der Waals surface area contributed by atoms with Crippen LogP contribution in [0.1, 0.15) is 5.56 Å². The molecule has 0 aliphatic heterocycles. The molecule has 2 heterocycles. The molecule has 0 aliphatic rings. The maximum atomic E-state index is 13.2. The number of fused-ring (bicyclic) bond motifs is 1. The largest absolute Gasteiger partial charge is 0.350 e. The molecule has 0 atom stereocenters. The highest BCUT2D eigenvalue weighted by Crippen LogP contribution is 2.21. The molecule has 0 radical (unpaired) electrons. The van der Waals surface area contributed by atoms with E-state index in [1.54, 1.807) is 6.07 Å². The molecule has 2 aromatic carbocycles. The van der Waals surface area contributed by atoms with Crippen molar-refractivity contribution in [2.75, 3.05) is 0 Å². The monoisotopic (exact) mass is 489 g/mol. The summed E-state index contributed by atoms with van der Waals surface area (Å²) >= 11 is 9.12. The molecule has 0 unspecified atom stereocenters. The van der Waals surface area contributed by atoms with E-state index in [0.717, 1.165) is 14.7 Å². The Morgan fingerprint density at radius 1 is 1.17 bits per heavy atom. The molecule has 1 N–H and O–H groups in total. The average molecular weight is 491 g/mol. The molecule has 1 amide bonds. The zero-order chi connectivity index (χ0) is 21.3. The Bertz CT molecular complexity index is 1300. The molecule has 7 nitrogen and oxygen atoms in total. The summed E-state index contributed by atoms with van der Waals surface area (Å²) in [7, 11) is 0. The van der Waals surface area contributed by atoms with Gasteiger partial charge in [0.25, 0.3) is 5.56 Å². The zero-order valence-corrected chi connectivity index (χ0v) is 17.7. The number of nitrogens with one attached hydrogen (secondary N) is 1. The smallest absolute Gasteiger partial charge is 0.293 e. The standard InChI is InChI=1S/C20H14BrClFN5O2/c21-14-4-2-13(3-5-14)17-8-18-20(30)27(25-11-28(18)26-17)10-19(29)24-9-12-1-6-16(23)15(22)7-12/h1-8,11H,9-10H2,(H,24,29). The molecule has 4 aromatic rings. The number of hydrogen-bond acceptors (Lipinski definition) is 4. The van der Waals surface area contributed by atoms with Crippen LogP contribution < -0.4 is 10.9 Å². The molecular formula is C20H14BrClFN5O2. The number of rotatable bonds is 5. The molecule has 0 saturated carbocycles. The summed E-state index contributed by atoms with van der Waals surface area (Å²) in [5.41, 5.74) is 1.98. The van der Waals surface area contributed by atoms with E-state index in [2.05, 4.69) is 31.4 Å². The quantitative estimate of drug-likeness (QED) is 0.465. The van der Waals surface area contributed by atoms with Gasteiger partial charge in [-0.25, -0.2) is 13.6 Å². The molecule has 2 aromatic heterocycles. The number of carbonyl (C=O) groups excluding carboxylic acids is 1. The van der Waals surface area contributed by atoms with E-state index in [1.807, 2.05) is 24.3 Å². The summed E-state index contributed by atoms with van der Waals surface area (Å²) in [4.78, 5) is 25.0. The minimum Gasteiger partial charge on any atom is -0.350 e. The molecule has 10 heteroatoms. The Morgan fingerprint density at radius 3 is 2.67 bits per heavy atom. The van der Waals surface area contributed by atoms with Gasteiger partial charge >= 0.3 is 0 Å². The van der Waals surface area contributed by atoms with Crippen molar-refractivity contribution in [1.29, 1.82) is 0 Å². The minimum absolute atomic E-state index is 0.0209.